The molecule has 2 heterocycles. The smallest absolute Gasteiger partial charge is 0.221 e. The summed E-state index contributed by atoms with van der Waals surface area (Å²) in [5.74, 6) is 0.701. The molecule has 0 fully saturated rings. The number of H-pyrrole nitrogens is 1. The van der Waals surface area contributed by atoms with Crippen molar-refractivity contribution in [2.24, 2.45) is 0 Å². The Morgan fingerprint density at radius 2 is 2.00 bits per heavy atom. The number of aromatic amines is 1. The number of nitrogens with zero attached hydrogens (tertiary/aromatic N) is 1. The average Bonchev–Trinajstić information content (AvgIpc) is 3.27. The van der Waals surface area contributed by atoms with E-state index in [0.717, 1.165) is 39.2 Å². The minimum Gasteiger partial charge on any atom is -0.454 e. The fraction of sp³-hybridized carbons (Fsp3) is 0.143. The van der Waals surface area contributed by atoms with Crippen molar-refractivity contribution in [3.63, 3.8) is 0 Å². The number of hydrogen-bond acceptors (Lipinski definition) is 4. The number of rotatable bonds is 6. The minimum atomic E-state index is -0.0750. The predicted molar refractivity (Wildman–Crippen MR) is 105 cm³/mol. The van der Waals surface area contributed by atoms with E-state index in [0.29, 0.717) is 13.1 Å². The average molecular weight is 360 g/mol. The molecular formula is C21H20N4O2. The third kappa shape index (κ3) is 3.91. The maximum Gasteiger partial charge on any atom is 0.221 e. The zero-order chi connectivity index (χ0) is 18.6. The van der Waals surface area contributed by atoms with Gasteiger partial charge in [0.2, 0.25) is 5.91 Å². The van der Waals surface area contributed by atoms with Crippen LogP contribution in [0.3, 0.4) is 0 Å². The number of furan rings is 1. The fourth-order valence-corrected chi connectivity index (χ4v) is 3.07. The summed E-state index contributed by atoms with van der Waals surface area (Å²) in [5, 5.41) is 14.5. The van der Waals surface area contributed by atoms with Crippen LogP contribution in [-0.2, 0) is 17.9 Å². The van der Waals surface area contributed by atoms with Crippen LogP contribution in [0.15, 0.2) is 65.2 Å². The van der Waals surface area contributed by atoms with Gasteiger partial charge in [0, 0.05) is 36.7 Å². The molecule has 6 nitrogen and oxygen atoms in total. The van der Waals surface area contributed by atoms with Gasteiger partial charge in [-0.25, -0.2) is 0 Å². The fourth-order valence-electron chi connectivity index (χ4n) is 3.07. The molecule has 0 atom stereocenters. The summed E-state index contributed by atoms with van der Waals surface area (Å²) in [6.45, 7) is 2.83. The number of nitrogens with one attached hydrogen (secondary N) is 3. The van der Waals surface area contributed by atoms with Crippen molar-refractivity contribution in [1.82, 2.24) is 15.5 Å². The molecule has 0 unspecified atom stereocenters. The molecule has 0 aliphatic rings. The number of fused-ring (bicyclic) bond motifs is 1. The Morgan fingerprint density at radius 3 is 2.85 bits per heavy atom. The molecule has 27 heavy (non-hydrogen) atoms. The van der Waals surface area contributed by atoms with Crippen molar-refractivity contribution in [2.45, 2.75) is 20.0 Å². The highest BCUT2D eigenvalue weighted by molar-refractivity contribution is 5.88. The van der Waals surface area contributed by atoms with Gasteiger partial charge in [-0.3, -0.25) is 9.89 Å². The molecule has 0 spiro atoms. The molecule has 0 saturated heterocycles. The van der Waals surface area contributed by atoms with Gasteiger partial charge < -0.3 is 15.1 Å². The van der Waals surface area contributed by atoms with Crippen LogP contribution in [0.5, 0.6) is 0 Å². The molecule has 0 aliphatic carbocycles. The van der Waals surface area contributed by atoms with Crippen LogP contribution in [0.2, 0.25) is 0 Å². The third-order valence-electron chi connectivity index (χ3n) is 4.28. The molecule has 3 N–H and O–H groups in total. The third-order valence-corrected chi connectivity index (χ3v) is 4.28. The molecule has 0 radical (unpaired) electrons. The molecule has 0 aliphatic heterocycles. The summed E-state index contributed by atoms with van der Waals surface area (Å²) in [6.07, 6.45) is 1.81. The van der Waals surface area contributed by atoms with Gasteiger partial charge >= 0.3 is 0 Å². The van der Waals surface area contributed by atoms with Crippen LogP contribution in [0.25, 0.3) is 22.4 Å². The first-order chi connectivity index (χ1) is 13.2. The Balaban J connectivity index is 1.44. The highest BCUT2D eigenvalue weighted by Crippen LogP contribution is 2.28. The van der Waals surface area contributed by atoms with Crippen LogP contribution >= 0.6 is 0 Å². The number of aromatic nitrogens is 2. The van der Waals surface area contributed by atoms with Gasteiger partial charge in [-0.2, -0.15) is 5.10 Å². The normalized spacial score (nSPS) is 11.0. The summed E-state index contributed by atoms with van der Waals surface area (Å²) in [5.41, 5.74) is 4.66. The highest BCUT2D eigenvalue weighted by atomic mass is 16.3. The molecule has 1 amide bonds. The number of para-hydroxylation sites is 1. The summed E-state index contributed by atoms with van der Waals surface area (Å²) in [7, 11) is 0. The summed E-state index contributed by atoms with van der Waals surface area (Å²) in [6, 6.07) is 17.7. The van der Waals surface area contributed by atoms with Gasteiger partial charge in [0.15, 0.2) is 5.76 Å². The second-order valence-electron chi connectivity index (χ2n) is 6.40. The van der Waals surface area contributed by atoms with Gasteiger partial charge in [-0.1, -0.05) is 30.3 Å². The molecule has 0 bridgehead atoms. The molecule has 4 aromatic rings. The van der Waals surface area contributed by atoms with Gasteiger partial charge in [0.1, 0.15) is 11.3 Å². The largest absolute Gasteiger partial charge is 0.454 e. The van der Waals surface area contributed by atoms with E-state index < -0.39 is 0 Å². The van der Waals surface area contributed by atoms with Gasteiger partial charge in [-0.15, -0.1) is 0 Å². The van der Waals surface area contributed by atoms with E-state index in [1.165, 1.54) is 6.92 Å². The molecular weight excluding hydrogens is 340 g/mol. The molecule has 2 aromatic heterocycles. The van der Waals surface area contributed by atoms with E-state index in [2.05, 4.69) is 20.8 Å². The first-order valence-electron chi connectivity index (χ1n) is 8.77. The first kappa shape index (κ1) is 17.1. The standard InChI is InChI=1S/C21H20N4O2/c1-14(26)24-18-7-4-5-15(9-18)11-22-12-17-13-23-25-21(17)20-10-16-6-2-3-8-19(16)27-20/h2-10,13,22H,11-12H2,1H3,(H,23,25)(H,24,26). The quantitative estimate of drug-likeness (QED) is 0.484. The molecule has 0 saturated carbocycles. The summed E-state index contributed by atoms with van der Waals surface area (Å²) < 4.78 is 5.93. The Bertz CT molecular complexity index is 1050. The number of anilines is 1. The van der Waals surface area contributed by atoms with Crippen molar-refractivity contribution in [3.8, 4) is 11.5 Å². The number of benzene rings is 2. The van der Waals surface area contributed by atoms with Gasteiger partial charge in [0.05, 0.1) is 6.20 Å². The monoisotopic (exact) mass is 360 g/mol. The Labute approximate surface area is 156 Å². The SMILES string of the molecule is CC(=O)Nc1cccc(CNCc2cn[nH]c2-c2cc3ccccc3o2)c1. The maximum atomic E-state index is 11.2. The van der Waals surface area contributed by atoms with Crippen LogP contribution in [0.4, 0.5) is 5.69 Å². The number of carbonyl (C=O) groups excluding carboxylic acids is 1. The zero-order valence-electron chi connectivity index (χ0n) is 15.0. The van der Waals surface area contributed by atoms with Gasteiger partial charge in [-0.05, 0) is 29.8 Å². The van der Waals surface area contributed by atoms with Crippen molar-refractivity contribution in [1.29, 1.82) is 0 Å². The lowest BCUT2D eigenvalue weighted by molar-refractivity contribution is -0.114. The van der Waals surface area contributed by atoms with Crippen LogP contribution in [0.1, 0.15) is 18.1 Å². The molecule has 2 aromatic carbocycles. The van der Waals surface area contributed by atoms with Crippen molar-refractivity contribution in [2.75, 3.05) is 5.32 Å². The highest BCUT2D eigenvalue weighted by Gasteiger charge is 2.12. The van der Waals surface area contributed by atoms with Crippen LogP contribution < -0.4 is 10.6 Å². The number of hydrogen-bond donors (Lipinski definition) is 3. The predicted octanol–water partition coefficient (Wildman–Crippen LogP) is 4.07. The number of carbonyl (C=O) groups is 1. The summed E-state index contributed by atoms with van der Waals surface area (Å²) >= 11 is 0. The van der Waals surface area contributed by atoms with Crippen LogP contribution in [-0.4, -0.2) is 16.1 Å². The summed E-state index contributed by atoms with van der Waals surface area (Å²) in [4.78, 5) is 11.2. The van der Waals surface area contributed by atoms with E-state index in [1.807, 2.05) is 60.8 Å². The van der Waals surface area contributed by atoms with E-state index >= 15 is 0 Å². The van der Waals surface area contributed by atoms with Gasteiger partial charge in [0.25, 0.3) is 0 Å². The lowest BCUT2D eigenvalue weighted by Gasteiger charge is -2.07. The van der Waals surface area contributed by atoms with E-state index in [4.69, 9.17) is 4.42 Å². The maximum absolute atomic E-state index is 11.2. The molecule has 6 heteroatoms. The lowest BCUT2D eigenvalue weighted by Crippen LogP contribution is -2.13. The number of amides is 1. The van der Waals surface area contributed by atoms with Crippen molar-refractivity contribution < 1.29 is 9.21 Å². The Hall–Kier alpha value is -3.38. The van der Waals surface area contributed by atoms with E-state index in [-0.39, 0.29) is 5.91 Å². The minimum absolute atomic E-state index is 0.0750. The second-order valence-corrected chi connectivity index (χ2v) is 6.40. The van der Waals surface area contributed by atoms with E-state index in [9.17, 15) is 4.79 Å². The van der Waals surface area contributed by atoms with Crippen LogP contribution in [0, 0.1) is 0 Å². The van der Waals surface area contributed by atoms with E-state index in [1.54, 1.807) is 0 Å². The lowest BCUT2D eigenvalue weighted by atomic mass is 10.1. The molecule has 4 rings (SSSR count). The van der Waals surface area contributed by atoms with Crippen molar-refractivity contribution >= 4 is 22.6 Å². The molecule has 136 valence electrons. The van der Waals surface area contributed by atoms with Crippen molar-refractivity contribution in [3.05, 3.63) is 71.9 Å². The topological polar surface area (TPSA) is 83.0 Å². The second kappa shape index (κ2) is 7.47. The first-order valence-corrected chi connectivity index (χ1v) is 8.77. The zero-order valence-corrected chi connectivity index (χ0v) is 15.0. The Kier molecular flexibility index (Phi) is 4.72. The Morgan fingerprint density at radius 1 is 1.11 bits per heavy atom.